The molecule has 0 aromatic heterocycles. The average molecular weight is 187 g/mol. The fraction of sp³-hybridized carbons (Fsp3) is 1.00. The standard InChI is InChI=1S/C11H25NO/c1-3-5-6-7-9-11(13)10(12)8-4-2/h10-11,13H,3-9,12H2,1-2H3/t10-,11-/m0/s1. The number of hydrogen-bond acceptors (Lipinski definition) is 2. The van der Waals surface area contributed by atoms with Crippen LogP contribution in [0.4, 0.5) is 0 Å². The summed E-state index contributed by atoms with van der Waals surface area (Å²) in [7, 11) is 0. The smallest absolute Gasteiger partial charge is 0.0691 e. The molecule has 13 heavy (non-hydrogen) atoms. The van der Waals surface area contributed by atoms with E-state index >= 15 is 0 Å². The third-order valence-corrected chi connectivity index (χ3v) is 2.47. The van der Waals surface area contributed by atoms with Gasteiger partial charge in [-0.2, -0.15) is 0 Å². The zero-order valence-electron chi connectivity index (χ0n) is 9.13. The maximum atomic E-state index is 9.62. The van der Waals surface area contributed by atoms with Crippen molar-refractivity contribution in [3.8, 4) is 0 Å². The summed E-state index contributed by atoms with van der Waals surface area (Å²) >= 11 is 0. The first-order valence-electron chi connectivity index (χ1n) is 5.66. The molecule has 0 amide bonds. The normalized spacial score (nSPS) is 15.7. The zero-order valence-corrected chi connectivity index (χ0v) is 9.13. The summed E-state index contributed by atoms with van der Waals surface area (Å²) in [5, 5.41) is 9.62. The fourth-order valence-electron chi connectivity index (χ4n) is 1.52. The van der Waals surface area contributed by atoms with E-state index in [4.69, 9.17) is 5.73 Å². The second kappa shape index (κ2) is 8.52. The average Bonchev–Trinajstić information content (AvgIpc) is 2.12. The van der Waals surface area contributed by atoms with E-state index in [1.165, 1.54) is 19.3 Å². The number of rotatable bonds is 8. The molecule has 2 heteroatoms. The number of nitrogens with two attached hydrogens (primary N) is 1. The van der Waals surface area contributed by atoms with Crippen LogP contribution in [-0.4, -0.2) is 17.3 Å². The Balaban J connectivity index is 3.32. The Morgan fingerprint density at radius 1 is 1.00 bits per heavy atom. The van der Waals surface area contributed by atoms with Crippen LogP contribution in [0.1, 0.15) is 58.8 Å². The number of aliphatic hydroxyl groups excluding tert-OH is 1. The summed E-state index contributed by atoms with van der Waals surface area (Å²) in [5.74, 6) is 0. The van der Waals surface area contributed by atoms with Gasteiger partial charge >= 0.3 is 0 Å². The van der Waals surface area contributed by atoms with Gasteiger partial charge in [-0.3, -0.25) is 0 Å². The monoisotopic (exact) mass is 187 g/mol. The van der Waals surface area contributed by atoms with Crippen molar-refractivity contribution in [2.45, 2.75) is 70.9 Å². The van der Waals surface area contributed by atoms with E-state index in [-0.39, 0.29) is 12.1 Å². The van der Waals surface area contributed by atoms with Gasteiger partial charge in [0.2, 0.25) is 0 Å². The Bertz CT molecular complexity index is 106. The summed E-state index contributed by atoms with van der Waals surface area (Å²) in [6, 6.07) is -0.00775. The van der Waals surface area contributed by atoms with Crippen LogP contribution in [0.3, 0.4) is 0 Å². The molecule has 0 heterocycles. The van der Waals surface area contributed by atoms with Crippen molar-refractivity contribution in [2.24, 2.45) is 5.73 Å². The lowest BCUT2D eigenvalue weighted by Gasteiger charge is -2.17. The number of aliphatic hydroxyl groups is 1. The quantitative estimate of drug-likeness (QED) is 0.573. The molecule has 0 aromatic rings. The highest BCUT2D eigenvalue weighted by molar-refractivity contribution is 4.70. The largest absolute Gasteiger partial charge is 0.392 e. The van der Waals surface area contributed by atoms with Crippen LogP contribution >= 0.6 is 0 Å². The Morgan fingerprint density at radius 3 is 2.23 bits per heavy atom. The van der Waals surface area contributed by atoms with E-state index in [1.54, 1.807) is 0 Å². The lowest BCUT2D eigenvalue weighted by molar-refractivity contribution is 0.127. The molecule has 0 rings (SSSR count). The molecule has 3 N–H and O–H groups in total. The summed E-state index contributed by atoms with van der Waals surface area (Å²) in [6.07, 6.45) is 7.46. The highest BCUT2D eigenvalue weighted by Crippen LogP contribution is 2.09. The van der Waals surface area contributed by atoms with Gasteiger partial charge in [-0.1, -0.05) is 46.0 Å². The second-order valence-electron chi connectivity index (χ2n) is 3.87. The Hall–Kier alpha value is -0.0800. The van der Waals surface area contributed by atoms with Gasteiger partial charge in [0, 0.05) is 6.04 Å². The predicted molar refractivity (Wildman–Crippen MR) is 57.6 cm³/mol. The van der Waals surface area contributed by atoms with Crippen molar-refractivity contribution in [3.05, 3.63) is 0 Å². The van der Waals surface area contributed by atoms with Crippen LogP contribution in [0.2, 0.25) is 0 Å². The van der Waals surface area contributed by atoms with E-state index in [2.05, 4.69) is 13.8 Å². The van der Waals surface area contributed by atoms with Crippen molar-refractivity contribution in [3.63, 3.8) is 0 Å². The molecule has 0 aromatic carbocycles. The summed E-state index contributed by atoms with van der Waals surface area (Å²) in [6.45, 7) is 4.29. The third-order valence-electron chi connectivity index (χ3n) is 2.47. The predicted octanol–water partition coefficient (Wildman–Crippen LogP) is 2.45. The first-order valence-corrected chi connectivity index (χ1v) is 5.66. The summed E-state index contributed by atoms with van der Waals surface area (Å²) in [5.41, 5.74) is 5.79. The van der Waals surface area contributed by atoms with Gasteiger partial charge in [-0.15, -0.1) is 0 Å². The van der Waals surface area contributed by atoms with Crippen molar-refractivity contribution >= 4 is 0 Å². The van der Waals surface area contributed by atoms with Gasteiger partial charge in [-0.25, -0.2) is 0 Å². The molecule has 0 spiro atoms. The van der Waals surface area contributed by atoms with Gasteiger partial charge in [-0.05, 0) is 12.8 Å². The molecular formula is C11H25NO. The Kier molecular flexibility index (Phi) is 8.46. The number of unbranched alkanes of at least 4 members (excludes halogenated alkanes) is 3. The van der Waals surface area contributed by atoms with Crippen LogP contribution < -0.4 is 5.73 Å². The minimum atomic E-state index is -0.281. The van der Waals surface area contributed by atoms with Gasteiger partial charge in [0.1, 0.15) is 0 Å². The van der Waals surface area contributed by atoms with E-state index in [0.29, 0.717) is 0 Å². The first kappa shape index (κ1) is 12.9. The maximum Gasteiger partial charge on any atom is 0.0691 e. The zero-order chi connectivity index (χ0) is 10.1. The molecule has 0 aliphatic rings. The molecule has 0 saturated heterocycles. The van der Waals surface area contributed by atoms with Crippen molar-refractivity contribution < 1.29 is 5.11 Å². The summed E-state index contributed by atoms with van der Waals surface area (Å²) < 4.78 is 0. The molecule has 0 saturated carbocycles. The Morgan fingerprint density at radius 2 is 1.69 bits per heavy atom. The molecule has 0 aliphatic heterocycles. The first-order chi connectivity index (χ1) is 6.22. The summed E-state index contributed by atoms with van der Waals surface area (Å²) in [4.78, 5) is 0. The van der Waals surface area contributed by atoms with Crippen LogP contribution in [0.25, 0.3) is 0 Å². The lowest BCUT2D eigenvalue weighted by atomic mass is 10.0. The van der Waals surface area contributed by atoms with Crippen LogP contribution in [0.5, 0.6) is 0 Å². The van der Waals surface area contributed by atoms with Gasteiger partial charge < -0.3 is 10.8 Å². The SMILES string of the molecule is CCCCCC[C@H](O)[C@@H](N)CCC. The highest BCUT2D eigenvalue weighted by Gasteiger charge is 2.12. The van der Waals surface area contributed by atoms with Crippen LogP contribution in [0.15, 0.2) is 0 Å². The molecule has 0 radical (unpaired) electrons. The highest BCUT2D eigenvalue weighted by atomic mass is 16.3. The van der Waals surface area contributed by atoms with E-state index in [0.717, 1.165) is 25.7 Å². The van der Waals surface area contributed by atoms with Crippen molar-refractivity contribution in [2.75, 3.05) is 0 Å². The maximum absolute atomic E-state index is 9.62. The van der Waals surface area contributed by atoms with E-state index < -0.39 is 0 Å². The number of hydrogen-bond donors (Lipinski definition) is 2. The minimum Gasteiger partial charge on any atom is -0.392 e. The van der Waals surface area contributed by atoms with Gasteiger partial charge in [0.05, 0.1) is 6.10 Å². The molecule has 0 aliphatic carbocycles. The molecule has 0 fully saturated rings. The van der Waals surface area contributed by atoms with Crippen molar-refractivity contribution in [1.29, 1.82) is 0 Å². The Labute approximate surface area is 82.5 Å². The second-order valence-corrected chi connectivity index (χ2v) is 3.87. The molecule has 80 valence electrons. The van der Waals surface area contributed by atoms with Crippen LogP contribution in [0, 0.1) is 0 Å². The van der Waals surface area contributed by atoms with Gasteiger partial charge in [0.25, 0.3) is 0 Å². The molecule has 0 unspecified atom stereocenters. The lowest BCUT2D eigenvalue weighted by Crippen LogP contribution is -2.34. The van der Waals surface area contributed by atoms with Crippen molar-refractivity contribution in [1.82, 2.24) is 0 Å². The van der Waals surface area contributed by atoms with E-state index in [1.807, 2.05) is 0 Å². The van der Waals surface area contributed by atoms with Crippen LogP contribution in [-0.2, 0) is 0 Å². The fourth-order valence-corrected chi connectivity index (χ4v) is 1.52. The molecule has 2 nitrogen and oxygen atoms in total. The minimum absolute atomic E-state index is 0.00775. The molecular weight excluding hydrogens is 162 g/mol. The van der Waals surface area contributed by atoms with Gasteiger partial charge in [0.15, 0.2) is 0 Å². The molecule has 2 atom stereocenters. The molecule has 0 bridgehead atoms. The third kappa shape index (κ3) is 7.03. The van der Waals surface area contributed by atoms with E-state index in [9.17, 15) is 5.11 Å². The topological polar surface area (TPSA) is 46.2 Å².